The number of likely N-dealkylation sites (N-methyl/N-ethyl adjacent to an activating group) is 1. The van der Waals surface area contributed by atoms with Gasteiger partial charge in [-0.25, -0.2) is 0 Å². The van der Waals surface area contributed by atoms with Crippen molar-refractivity contribution in [3.05, 3.63) is 53.5 Å². The zero-order valence-corrected chi connectivity index (χ0v) is 13.1. The van der Waals surface area contributed by atoms with Crippen LogP contribution < -0.4 is 5.32 Å². The van der Waals surface area contributed by atoms with E-state index in [1.165, 1.54) is 17.5 Å². The van der Waals surface area contributed by atoms with E-state index in [9.17, 15) is 4.79 Å². The number of nitrogens with zero attached hydrogens (tertiary/aromatic N) is 1. The Morgan fingerprint density at radius 3 is 2.91 bits per heavy atom. The standard InChI is InChI=1S/C18H22N2O2/c1-13(20(2)12-17-7-4-10-22-17)18(21)19-16-9-8-14-5-3-6-15(14)11-16/h4,7-11,13H,3,5-6,12H2,1-2H3,(H,19,21)/t13-/m1/s1. The van der Waals surface area contributed by atoms with Crippen molar-refractivity contribution in [3.63, 3.8) is 0 Å². The van der Waals surface area contributed by atoms with Gasteiger partial charge < -0.3 is 9.73 Å². The number of fused-ring (bicyclic) bond motifs is 1. The molecule has 0 aliphatic heterocycles. The van der Waals surface area contributed by atoms with E-state index in [-0.39, 0.29) is 11.9 Å². The lowest BCUT2D eigenvalue weighted by molar-refractivity contribution is -0.120. The number of furan rings is 1. The molecule has 0 fully saturated rings. The van der Waals surface area contributed by atoms with Gasteiger partial charge in [0, 0.05) is 5.69 Å². The minimum absolute atomic E-state index is 0.00648. The Morgan fingerprint density at radius 1 is 1.32 bits per heavy atom. The van der Waals surface area contributed by atoms with Crippen LogP contribution in [0.3, 0.4) is 0 Å². The number of rotatable bonds is 5. The molecule has 1 N–H and O–H groups in total. The number of anilines is 1. The molecular formula is C18H22N2O2. The molecule has 4 nitrogen and oxygen atoms in total. The fraction of sp³-hybridized carbons (Fsp3) is 0.389. The molecule has 2 aromatic rings. The summed E-state index contributed by atoms with van der Waals surface area (Å²) in [6.07, 6.45) is 5.15. The molecule has 0 saturated carbocycles. The SMILES string of the molecule is C[C@H](C(=O)Nc1ccc2c(c1)CCC2)N(C)Cc1ccco1. The molecule has 0 spiro atoms. The lowest BCUT2D eigenvalue weighted by atomic mass is 10.1. The zero-order valence-electron chi connectivity index (χ0n) is 13.1. The van der Waals surface area contributed by atoms with Crippen molar-refractivity contribution in [2.45, 2.75) is 38.8 Å². The molecule has 1 amide bonds. The molecule has 1 aromatic carbocycles. The number of aryl methyl sites for hydroxylation is 2. The van der Waals surface area contributed by atoms with Gasteiger partial charge in [-0.05, 0) is 68.6 Å². The second-order valence-corrected chi connectivity index (χ2v) is 6.00. The summed E-state index contributed by atoms with van der Waals surface area (Å²) in [6, 6.07) is 9.80. The van der Waals surface area contributed by atoms with Crippen molar-refractivity contribution in [2.75, 3.05) is 12.4 Å². The van der Waals surface area contributed by atoms with Gasteiger partial charge in [-0.2, -0.15) is 0 Å². The van der Waals surface area contributed by atoms with E-state index in [0.29, 0.717) is 6.54 Å². The van der Waals surface area contributed by atoms with E-state index in [2.05, 4.69) is 17.4 Å². The highest BCUT2D eigenvalue weighted by Gasteiger charge is 2.20. The van der Waals surface area contributed by atoms with Crippen molar-refractivity contribution in [1.82, 2.24) is 4.90 Å². The van der Waals surface area contributed by atoms with Crippen LogP contribution >= 0.6 is 0 Å². The van der Waals surface area contributed by atoms with Gasteiger partial charge in [0.05, 0.1) is 18.8 Å². The zero-order chi connectivity index (χ0) is 15.5. The Kier molecular flexibility index (Phi) is 4.29. The van der Waals surface area contributed by atoms with Gasteiger partial charge in [0.15, 0.2) is 0 Å². The van der Waals surface area contributed by atoms with Crippen LogP contribution in [0.2, 0.25) is 0 Å². The maximum Gasteiger partial charge on any atom is 0.241 e. The maximum absolute atomic E-state index is 12.4. The molecule has 1 aliphatic rings. The number of amides is 1. The number of carbonyl (C=O) groups is 1. The highest BCUT2D eigenvalue weighted by atomic mass is 16.3. The summed E-state index contributed by atoms with van der Waals surface area (Å²) >= 11 is 0. The lowest BCUT2D eigenvalue weighted by Crippen LogP contribution is -2.39. The molecule has 116 valence electrons. The molecule has 22 heavy (non-hydrogen) atoms. The highest BCUT2D eigenvalue weighted by Crippen LogP contribution is 2.25. The Balaban J connectivity index is 1.61. The average Bonchev–Trinajstić information content (AvgIpc) is 3.16. The van der Waals surface area contributed by atoms with Crippen LogP contribution in [-0.4, -0.2) is 23.9 Å². The highest BCUT2D eigenvalue weighted by molar-refractivity contribution is 5.94. The third kappa shape index (κ3) is 3.22. The molecule has 0 saturated heterocycles. The van der Waals surface area contributed by atoms with E-state index >= 15 is 0 Å². The monoisotopic (exact) mass is 298 g/mol. The predicted octanol–water partition coefficient (Wildman–Crippen LogP) is 3.23. The van der Waals surface area contributed by atoms with Crippen molar-refractivity contribution in [1.29, 1.82) is 0 Å². The number of hydrogen-bond acceptors (Lipinski definition) is 3. The van der Waals surface area contributed by atoms with Crippen molar-refractivity contribution >= 4 is 11.6 Å². The molecule has 1 atom stereocenters. The number of nitrogens with one attached hydrogen (secondary N) is 1. The third-order valence-corrected chi connectivity index (χ3v) is 4.39. The van der Waals surface area contributed by atoms with E-state index in [0.717, 1.165) is 24.3 Å². The van der Waals surface area contributed by atoms with Crippen LogP contribution in [0.25, 0.3) is 0 Å². The van der Waals surface area contributed by atoms with Crippen LogP contribution in [0.15, 0.2) is 41.0 Å². The Hall–Kier alpha value is -2.07. The van der Waals surface area contributed by atoms with Crippen molar-refractivity contribution in [2.24, 2.45) is 0 Å². The first-order valence-corrected chi connectivity index (χ1v) is 7.79. The first kappa shape index (κ1) is 14.9. The Morgan fingerprint density at radius 2 is 2.14 bits per heavy atom. The minimum Gasteiger partial charge on any atom is -0.468 e. The molecule has 4 heteroatoms. The van der Waals surface area contributed by atoms with E-state index in [4.69, 9.17) is 4.42 Å². The predicted molar refractivity (Wildman–Crippen MR) is 86.7 cm³/mol. The summed E-state index contributed by atoms with van der Waals surface area (Å²) < 4.78 is 5.33. The number of hydrogen-bond donors (Lipinski definition) is 1. The first-order chi connectivity index (χ1) is 10.6. The molecule has 0 unspecified atom stereocenters. The summed E-state index contributed by atoms with van der Waals surface area (Å²) in [4.78, 5) is 14.4. The summed E-state index contributed by atoms with van der Waals surface area (Å²) in [7, 11) is 1.93. The summed E-state index contributed by atoms with van der Waals surface area (Å²) in [6.45, 7) is 2.53. The van der Waals surface area contributed by atoms with Gasteiger partial charge in [-0.15, -0.1) is 0 Å². The maximum atomic E-state index is 12.4. The van der Waals surface area contributed by atoms with Crippen LogP contribution in [0, 0.1) is 0 Å². The summed E-state index contributed by atoms with van der Waals surface area (Å²) in [5.41, 5.74) is 3.68. The second-order valence-electron chi connectivity index (χ2n) is 6.00. The molecular weight excluding hydrogens is 276 g/mol. The van der Waals surface area contributed by atoms with E-state index < -0.39 is 0 Å². The summed E-state index contributed by atoms with van der Waals surface area (Å²) in [5.74, 6) is 0.867. The Labute approximate surface area is 131 Å². The smallest absolute Gasteiger partial charge is 0.241 e. The van der Waals surface area contributed by atoms with Crippen molar-refractivity contribution in [3.8, 4) is 0 Å². The third-order valence-electron chi connectivity index (χ3n) is 4.39. The lowest BCUT2D eigenvalue weighted by Gasteiger charge is -2.23. The molecule has 0 bridgehead atoms. The minimum atomic E-state index is -0.224. The van der Waals surface area contributed by atoms with Crippen LogP contribution in [0.5, 0.6) is 0 Å². The van der Waals surface area contributed by atoms with Gasteiger partial charge in [0.1, 0.15) is 5.76 Å². The summed E-state index contributed by atoms with van der Waals surface area (Å²) in [5, 5.41) is 3.02. The van der Waals surface area contributed by atoms with E-state index in [1.54, 1.807) is 6.26 Å². The van der Waals surface area contributed by atoms with Crippen LogP contribution in [0.4, 0.5) is 5.69 Å². The molecule has 1 aliphatic carbocycles. The van der Waals surface area contributed by atoms with Gasteiger partial charge in [0.25, 0.3) is 0 Å². The van der Waals surface area contributed by atoms with Gasteiger partial charge in [-0.3, -0.25) is 9.69 Å². The van der Waals surface area contributed by atoms with Crippen molar-refractivity contribution < 1.29 is 9.21 Å². The van der Waals surface area contributed by atoms with Crippen LogP contribution in [0.1, 0.15) is 30.2 Å². The molecule has 0 radical (unpaired) electrons. The average molecular weight is 298 g/mol. The van der Waals surface area contributed by atoms with Gasteiger partial charge >= 0.3 is 0 Å². The van der Waals surface area contributed by atoms with E-state index in [1.807, 2.05) is 37.1 Å². The van der Waals surface area contributed by atoms with Gasteiger partial charge in [-0.1, -0.05) is 6.07 Å². The van der Waals surface area contributed by atoms with Gasteiger partial charge in [0.2, 0.25) is 5.91 Å². The molecule has 1 aromatic heterocycles. The first-order valence-electron chi connectivity index (χ1n) is 7.79. The fourth-order valence-electron chi connectivity index (χ4n) is 2.88. The number of benzene rings is 1. The molecule has 1 heterocycles. The number of carbonyl (C=O) groups excluding carboxylic acids is 1. The molecule has 3 rings (SSSR count). The topological polar surface area (TPSA) is 45.5 Å². The fourth-order valence-corrected chi connectivity index (χ4v) is 2.88. The Bertz CT molecular complexity index is 649. The largest absolute Gasteiger partial charge is 0.468 e. The quantitative estimate of drug-likeness (QED) is 0.922. The normalized spacial score (nSPS) is 14.9. The van der Waals surface area contributed by atoms with Crippen LogP contribution in [-0.2, 0) is 24.2 Å². The second kappa shape index (κ2) is 6.36.